The lowest BCUT2D eigenvalue weighted by Crippen LogP contribution is -2.44. The Hall–Kier alpha value is -2.59. The molecule has 1 amide bonds. The number of likely N-dealkylation sites (tertiary alicyclic amines) is 1. The number of carbonyl (C=O) groups is 1. The number of para-hydroxylation sites is 1. The molecule has 4 nitrogen and oxygen atoms in total. The van der Waals surface area contributed by atoms with E-state index in [9.17, 15) is 4.79 Å². The highest BCUT2D eigenvalue weighted by Crippen LogP contribution is 2.22. The zero-order valence-corrected chi connectivity index (χ0v) is 14.4. The highest BCUT2D eigenvalue weighted by molar-refractivity contribution is 5.94. The third-order valence-electron chi connectivity index (χ3n) is 4.39. The normalized spacial score (nSPS) is 15.5. The molecule has 25 heavy (non-hydrogen) atoms. The molecule has 0 saturated carbocycles. The summed E-state index contributed by atoms with van der Waals surface area (Å²) in [5.74, 6) is 1.38. The molecule has 0 spiro atoms. The molecule has 1 aliphatic heterocycles. The molecule has 1 aliphatic rings. The fourth-order valence-electron chi connectivity index (χ4n) is 3.04. The summed E-state index contributed by atoms with van der Waals surface area (Å²) in [4.78, 5) is 14.9. The average Bonchev–Trinajstić information content (AvgIpc) is 2.65. The summed E-state index contributed by atoms with van der Waals surface area (Å²) in [6.07, 6.45) is 3.87. The fraction of sp³-hybridized carbons (Fsp3) is 0.286. The third kappa shape index (κ3) is 4.94. The molecule has 0 atom stereocenters. The molecule has 2 aromatic rings. The van der Waals surface area contributed by atoms with Crippen LogP contribution < -0.4 is 10.1 Å². The summed E-state index contributed by atoms with van der Waals surface area (Å²) < 4.78 is 5.80. The molecular weight excluding hydrogens is 312 g/mol. The topological polar surface area (TPSA) is 41.6 Å². The van der Waals surface area contributed by atoms with Crippen LogP contribution in [0.5, 0.6) is 11.5 Å². The highest BCUT2D eigenvalue weighted by Gasteiger charge is 2.20. The Balaban J connectivity index is 1.57. The van der Waals surface area contributed by atoms with Crippen molar-refractivity contribution < 1.29 is 9.53 Å². The molecule has 0 aromatic heterocycles. The van der Waals surface area contributed by atoms with E-state index >= 15 is 0 Å². The van der Waals surface area contributed by atoms with Gasteiger partial charge in [-0.3, -0.25) is 9.69 Å². The van der Waals surface area contributed by atoms with Gasteiger partial charge in [-0.25, -0.2) is 0 Å². The van der Waals surface area contributed by atoms with Gasteiger partial charge in [0.1, 0.15) is 11.5 Å². The minimum absolute atomic E-state index is 0.0410. The summed E-state index contributed by atoms with van der Waals surface area (Å²) in [5.41, 5.74) is 0.627. The molecule has 3 rings (SSSR count). The highest BCUT2D eigenvalue weighted by atomic mass is 16.5. The molecular formula is C21H24N2O2. The van der Waals surface area contributed by atoms with Crippen molar-refractivity contribution in [2.24, 2.45) is 0 Å². The average molecular weight is 336 g/mol. The molecule has 2 aromatic carbocycles. The minimum atomic E-state index is -0.0410. The van der Waals surface area contributed by atoms with E-state index in [4.69, 9.17) is 4.74 Å². The zero-order valence-electron chi connectivity index (χ0n) is 14.4. The summed E-state index contributed by atoms with van der Waals surface area (Å²) in [7, 11) is 0. The van der Waals surface area contributed by atoms with Crippen LogP contribution in [0.3, 0.4) is 0 Å². The number of nitrogens with one attached hydrogen (secondary N) is 1. The molecule has 130 valence electrons. The van der Waals surface area contributed by atoms with Crippen LogP contribution >= 0.6 is 0 Å². The van der Waals surface area contributed by atoms with Crippen molar-refractivity contribution in [3.63, 3.8) is 0 Å². The third-order valence-corrected chi connectivity index (χ3v) is 4.39. The second kappa shape index (κ2) is 8.49. The monoisotopic (exact) mass is 336 g/mol. The lowest BCUT2D eigenvalue weighted by molar-refractivity contribution is 0.0914. The van der Waals surface area contributed by atoms with Crippen molar-refractivity contribution in [3.8, 4) is 11.5 Å². The van der Waals surface area contributed by atoms with Crippen LogP contribution in [0.4, 0.5) is 0 Å². The number of ether oxygens (including phenoxy) is 1. The summed E-state index contributed by atoms with van der Waals surface area (Å²) in [5, 5.41) is 3.14. The molecule has 1 N–H and O–H groups in total. The van der Waals surface area contributed by atoms with E-state index in [0.29, 0.717) is 11.3 Å². The lowest BCUT2D eigenvalue weighted by Gasteiger charge is -2.31. The molecule has 0 aliphatic carbocycles. The number of hydrogen-bond acceptors (Lipinski definition) is 3. The Morgan fingerprint density at radius 3 is 2.56 bits per heavy atom. The van der Waals surface area contributed by atoms with Crippen molar-refractivity contribution >= 4 is 5.91 Å². The number of hydrogen-bond donors (Lipinski definition) is 1. The fourth-order valence-corrected chi connectivity index (χ4v) is 3.04. The van der Waals surface area contributed by atoms with E-state index in [1.807, 2.05) is 54.6 Å². The molecule has 0 bridgehead atoms. The van der Waals surface area contributed by atoms with E-state index in [0.717, 1.165) is 38.2 Å². The van der Waals surface area contributed by atoms with E-state index < -0.39 is 0 Å². The number of amides is 1. The minimum Gasteiger partial charge on any atom is -0.457 e. The standard InChI is InChI=1S/C21H24N2O2/c1-2-13-23-14-11-18(12-15-23)22-21(24)17-7-6-10-20(16-17)25-19-8-4-3-5-9-19/h2-10,16,18H,1,11-15H2,(H,22,24). The van der Waals surface area contributed by atoms with Gasteiger partial charge in [-0.15, -0.1) is 6.58 Å². The molecule has 1 fully saturated rings. The van der Waals surface area contributed by atoms with Gasteiger partial charge in [0, 0.05) is 31.2 Å². The second-order valence-electron chi connectivity index (χ2n) is 6.28. The SMILES string of the molecule is C=CCN1CCC(NC(=O)c2cccc(Oc3ccccc3)c2)CC1. The van der Waals surface area contributed by atoms with Gasteiger partial charge in [-0.2, -0.15) is 0 Å². The van der Waals surface area contributed by atoms with Gasteiger partial charge in [0.25, 0.3) is 5.91 Å². The van der Waals surface area contributed by atoms with E-state index in [-0.39, 0.29) is 11.9 Å². The van der Waals surface area contributed by atoms with Crippen molar-refractivity contribution in [1.29, 1.82) is 0 Å². The Morgan fingerprint density at radius 2 is 1.84 bits per heavy atom. The van der Waals surface area contributed by atoms with Crippen molar-refractivity contribution in [3.05, 3.63) is 72.8 Å². The van der Waals surface area contributed by atoms with Gasteiger partial charge in [0.15, 0.2) is 0 Å². The van der Waals surface area contributed by atoms with Crippen molar-refractivity contribution in [2.45, 2.75) is 18.9 Å². The summed E-state index contributed by atoms with van der Waals surface area (Å²) in [6.45, 7) is 6.68. The van der Waals surface area contributed by atoms with E-state index in [1.165, 1.54) is 0 Å². The Labute approximate surface area is 149 Å². The first-order valence-corrected chi connectivity index (χ1v) is 8.71. The number of rotatable bonds is 6. The number of nitrogens with zero attached hydrogens (tertiary/aromatic N) is 1. The van der Waals surface area contributed by atoms with Crippen molar-refractivity contribution in [2.75, 3.05) is 19.6 Å². The Kier molecular flexibility index (Phi) is 5.86. The quantitative estimate of drug-likeness (QED) is 0.815. The first-order valence-electron chi connectivity index (χ1n) is 8.71. The zero-order chi connectivity index (χ0) is 17.5. The van der Waals surface area contributed by atoms with E-state index in [2.05, 4.69) is 16.8 Å². The van der Waals surface area contributed by atoms with Crippen LogP contribution in [-0.4, -0.2) is 36.5 Å². The molecule has 1 saturated heterocycles. The molecule has 4 heteroatoms. The van der Waals surface area contributed by atoms with Gasteiger partial charge in [-0.1, -0.05) is 30.3 Å². The van der Waals surface area contributed by atoms with E-state index in [1.54, 1.807) is 6.07 Å². The predicted octanol–water partition coefficient (Wildman–Crippen LogP) is 3.86. The van der Waals surface area contributed by atoms with Crippen molar-refractivity contribution in [1.82, 2.24) is 10.2 Å². The maximum atomic E-state index is 12.5. The maximum absolute atomic E-state index is 12.5. The largest absolute Gasteiger partial charge is 0.457 e. The lowest BCUT2D eigenvalue weighted by atomic mass is 10.0. The van der Waals surface area contributed by atoms with Crippen LogP contribution in [-0.2, 0) is 0 Å². The molecule has 0 unspecified atom stereocenters. The molecule has 0 radical (unpaired) electrons. The number of benzene rings is 2. The predicted molar refractivity (Wildman–Crippen MR) is 100 cm³/mol. The Bertz CT molecular complexity index is 707. The first-order chi connectivity index (χ1) is 12.2. The maximum Gasteiger partial charge on any atom is 0.251 e. The van der Waals surface area contributed by atoms with Crippen LogP contribution in [0.1, 0.15) is 23.2 Å². The number of piperidine rings is 1. The second-order valence-corrected chi connectivity index (χ2v) is 6.28. The van der Waals surface area contributed by atoms with Crippen LogP contribution in [0.2, 0.25) is 0 Å². The number of carbonyl (C=O) groups excluding carboxylic acids is 1. The molecule has 1 heterocycles. The van der Waals surface area contributed by atoms with Crippen LogP contribution in [0.25, 0.3) is 0 Å². The van der Waals surface area contributed by atoms with Crippen LogP contribution in [0, 0.1) is 0 Å². The first kappa shape index (κ1) is 17.2. The summed E-state index contributed by atoms with van der Waals surface area (Å²) in [6, 6.07) is 17.1. The summed E-state index contributed by atoms with van der Waals surface area (Å²) >= 11 is 0. The van der Waals surface area contributed by atoms with Crippen LogP contribution in [0.15, 0.2) is 67.3 Å². The van der Waals surface area contributed by atoms with Gasteiger partial charge in [0.2, 0.25) is 0 Å². The van der Waals surface area contributed by atoms with Gasteiger partial charge in [0.05, 0.1) is 0 Å². The van der Waals surface area contributed by atoms with Gasteiger partial charge >= 0.3 is 0 Å². The Morgan fingerprint density at radius 1 is 1.12 bits per heavy atom. The van der Waals surface area contributed by atoms with Gasteiger partial charge in [-0.05, 0) is 43.2 Å². The van der Waals surface area contributed by atoms with Gasteiger partial charge < -0.3 is 10.1 Å². The smallest absolute Gasteiger partial charge is 0.251 e.